The van der Waals surface area contributed by atoms with Crippen LogP contribution in [0.25, 0.3) is 0 Å². The summed E-state index contributed by atoms with van der Waals surface area (Å²) >= 11 is 6.77. The van der Waals surface area contributed by atoms with Crippen LogP contribution < -0.4 is 10.2 Å². The molecule has 2 aromatic rings. The third kappa shape index (κ3) is 5.44. The van der Waals surface area contributed by atoms with Crippen molar-refractivity contribution in [1.29, 1.82) is 0 Å². The molecule has 30 heavy (non-hydrogen) atoms. The van der Waals surface area contributed by atoms with Crippen molar-refractivity contribution in [2.45, 2.75) is 19.2 Å². The molecule has 0 saturated carbocycles. The van der Waals surface area contributed by atoms with Gasteiger partial charge in [0.2, 0.25) is 0 Å². The smallest absolute Gasteiger partial charge is 0.416 e. The standard InChI is InChI=1S/C19H18ClF3N2O4S/c1-11(29-18(27)15-4-5-16(20)30-15)17(26)24-13-10-12(19(21,22)23)2-3-14(13)25-6-8-28-9-7-25/h2-5,10-11H,6-9H2,1H3,(H,24,26)/t11-/m0/s1. The number of hydrogen-bond donors (Lipinski definition) is 1. The Morgan fingerprint density at radius 3 is 2.53 bits per heavy atom. The van der Waals surface area contributed by atoms with Crippen LogP contribution in [-0.2, 0) is 20.4 Å². The van der Waals surface area contributed by atoms with Crippen molar-refractivity contribution < 1.29 is 32.2 Å². The maximum atomic E-state index is 13.2. The van der Waals surface area contributed by atoms with Gasteiger partial charge in [-0.15, -0.1) is 11.3 Å². The van der Waals surface area contributed by atoms with E-state index in [9.17, 15) is 22.8 Å². The van der Waals surface area contributed by atoms with Crippen molar-refractivity contribution in [2.24, 2.45) is 0 Å². The lowest BCUT2D eigenvalue weighted by Crippen LogP contribution is -2.37. The topological polar surface area (TPSA) is 67.9 Å². The fraction of sp³-hybridized carbons (Fsp3) is 0.368. The SMILES string of the molecule is C[C@H](OC(=O)c1ccc(Cl)s1)C(=O)Nc1cc(C(F)(F)F)ccc1N1CCOCC1. The highest BCUT2D eigenvalue weighted by molar-refractivity contribution is 7.17. The Morgan fingerprint density at radius 1 is 1.23 bits per heavy atom. The maximum absolute atomic E-state index is 13.2. The number of nitrogens with one attached hydrogen (secondary N) is 1. The van der Waals surface area contributed by atoms with Gasteiger partial charge in [-0.2, -0.15) is 13.2 Å². The number of halogens is 4. The average molecular weight is 463 g/mol. The van der Waals surface area contributed by atoms with Gasteiger partial charge in [-0.05, 0) is 37.3 Å². The molecule has 0 unspecified atom stereocenters. The summed E-state index contributed by atoms with van der Waals surface area (Å²) < 4.78 is 50.3. The minimum absolute atomic E-state index is 0.0150. The highest BCUT2D eigenvalue weighted by Gasteiger charge is 2.32. The van der Waals surface area contributed by atoms with E-state index in [4.69, 9.17) is 21.1 Å². The summed E-state index contributed by atoms with van der Waals surface area (Å²) in [5.41, 5.74) is -0.477. The van der Waals surface area contributed by atoms with Crippen LogP contribution >= 0.6 is 22.9 Å². The van der Waals surface area contributed by atoms with Crippen molar-refractivity contribution in [3.8, 4) is 0 Å². The van der Waals surface area contributed by atoms with E-state index < -0.39 is 29.7 Å². The fourth-order valence-electron chi connectivity index (χ4n) is 2.82. The van der Waals surface area contributed by atoms with E-state index in [2.05, 4.69) is 5.32 Å². The van der Waals surface area contributed by atoms with Crippen LogP contribution in [0.5, 0.6) is 0 Å². The van der Waals surface area contributed by atoms with E-state index in [1.54, 1.807) is 0 Å². The molecular formula is C19H18ClF3N2O4S. The largest absolute Gasteiger partial charge is 0.448 e. The lowest BCUT2D eigenvalue weighted by molar-refractivity contribution is -0.137. The average Bonchev–Trinajstić information content (AvgIpc) is 3.14. The molecule has 1 aliphatic rings. The van der Waals surface area contributed by atoms with Crippen LogP contribution in [0.15, 0.2) is 30.3 Å². The van der Waals surface area contributed by atoms with E-state index in [1.807, 2.05) is 4.90 Å². The number of morpholine rings is 1. The number of thiophene rings is 1. The second-order valence-electron chi connectivity index (χ2n) is 6.47. The number of carbonyl (C=O) groups is 2. The van der Waals surface area contributed by atoms with Gasteiger partial charge in [0.1, 0.15) is 4.88 Å². The van der Waals surface area contributed by atoms with Crippen molar-refractivity contribution in [2.75, 3.05) is 36.5 Å². The maximum Gasteiger partial charge on any atom is 0.416 e. The highest BCUT2D eigenvalue weighted by Crippen LogP contribution is 2.36. The molecule has 6 nitrogen and oxygen atoms in total. The number of nitrogens with zero attached hydrogens (tertiary/aromatic N) is 1. The zero-order valence-corrected chi connectivity index (χ0v) is 17.4. The van der Waals surface area contributed by atoms with Crippen LogP contribution in [0, 0.1) is 0 Å². The van der Waals surface area contributed by atoms with Gasteiger partial charge in [0.25, 0.3) is 5.91 Å². The third-order valence-corrected chi connectivity index (χ3v) is 5.57. The Balaban J connectivity index is 1.78. The normalized spacial score (nSPS) is 15.6. The number of anilines is 2. The van der Waals surface area contributed by atoms with Gasteiger partial charge in [-0.3, -0.25) is 4.79 Å². The first-order valence-electron chi connectivity index (χ1n) is 8.96. The summed E-state index contributed by atoms with van der Waals surface area (Å²) in [6.07, 6.45) is -5.80. The number of ether oxygens (including phenoxy) is 2. The second kappa shape index (κ2) is 9.23. The van der Waals surface area contributed by atoms with Gasteiger partial charge in [-0.25, -0.2) is 4.79 Å². The predicted octanol–water partition coefficient (Wildman–Crippen LogP) is 4.44. The molecule has 11 heteroatoms. The predicted molar refractivity (Wildman–Crippen MR) is 107 cm³/mol. The minimum Gasteiger partial charge on any atom is -0.448 e. The number of amides is 1. The van der Waals surface area contributed by atoms with E-state index in [1.165, 1.54) is 25.1 Å². The van der Waals surface area contributed by atoms with Crippen LogP contribution in [-0.4, -0.2) is 44.3 Å². The molecular weight excluding hydrogens is 445 g/mol. The zero-order chi connectivity index (χ0) is 21.9. The van der Waals surface area contributed by atoms with Crippen LogP contribution in [0.3, 0.4) is 0 Å². The highest BCUT2D eigenvalue weighted by atomic mass is 35.5. The van der Waals surface area contributed by atoms with Gasteiger partial charge in [-0.1, -0.05) is 11.6 Å². The molecule has 1 atom stereocenters. The van der Waals surface area contributed by atoms with Crippen LogP contribution in [0.2, 0.25) is 4.34 Å². The summed E-state index contributed by atoms with van der Waals surface area (Å²) in [6.45, 7) is 3.12. The van der Waals surface area contributed by atoms with Crippen molar-refractivity contribution >= 4 is 46.2 Å². The number of hydrogen-bond acceptors (Lipinski definition) is 6. The van der Waals surface area contributed by atoms with E-state index in [0.717, 1.165) is 23.5 Å². The molecule has 3 rings (SSSR count). The third-order valence-electron chi connectivity index (χ3n) is 4.36. The van der Waals surface area contributed by atoms with Crippen LogP contribution in [0.1, 0.15) is 22.2 Å². The summed E-state index contributed by atoms with van der Waals surface area (Å²) in [6, 6.07) is 6.13. The van der Waals surface area contributed by atoms with Crippen molar-refractivity contribution in [3.05, 3.63) is 45.1 Å². The van der Waals surface area contributed by atoms with Crippen molar-refractivity contribution in [3.63, 3.8) is 0 Å². The molecule has 1 saturated heterocycles. The molecule has 0 radical (unpaired) electrons. The molecule has 2 heterocycles. The van der Waals surface area contributed by atoms with Gasteiger partial charge in [0.15, 0.2) is 6.10 Å². The van der Waals surface area contributed by atoms with E-state index >= 15 is 0 Å². The summed E-state index contributed by atoms with van der Waals surface area (Å²) in [7, 11) is 0. The molecule has 1 fully saturated rings. The molecule has 0 spiro atoms. The zero-order valence-electron chi connectivity index (χ0n) is 15.8. The molecule has 1 amide bonds. The van der Waals surface area contributed by atoms with Gasteiger partial charge in [0, 0.05) is 13.1 Å². The molecule has 0 bridgehead atoms. The Hall–Kier alpha value is -2.30. The fourth-order valence-corrected chi connectivity index (χ4v) is 3.75. The Morgan fingerprint density at radius 2 is 1.93 bits per heavy atom. The molecule has 0 aliphatic carbocycles. The molecule has 1 aromatic carbocycles. The van der Waals surface area contributed by atoms with Gasteiger partial charge in [0.05, 0.1) is 34.5 Å². The quantitative estimate of drug-likeness (QED) is 0.665. The van der Waals surface area contributed by atoms with Crippen LogP contribution in [0.4, 0.5) is 24.5 Å². The summed E-state index contributed by atoms with van der Waals surface area (Å²) in [4.78, 5) is 26.7. The Kier molecular flexibility index (Phi) is 6.89. The van der Waals surface area contributed by atoms with E-state index in [-0.39, 0.29) is 10.6 Å². The lowest BCUT2D eigenvalue weighted by atomic mass is 10.1. The number of carbonyl (C=O) groups excluding carboxylic acids is 2. The van der Waals surface area contributed by atoms with Gasteiger partial charge < -0.3 is 19.7 Å². The second-order valence-corrected chi connectivity index (χ2v) is 8.18. The summed E-state index contributed by atoms with van der Waals surface area (Å²) in [5.74, 6) is -1.49. The number of esters is 1. The molecule has 1 aromatic heterocycles. The first-order valence-corrected chi connectivity index (χ1v) is 10.2. The Bertz CT molecular complexity index is 929. The number of rotatable bonds is 5. The molecule has 162 valence electrons. The summed E-state index contributed by atoms with van der Waals surface area (Å²) in [5, 5.41) is 2.46. The molecule has 1 N–H and O–H groups in total. The van der Waals surface area contributed by atoms with E-state index in [0.29, 0.717) is 36.3 Å². The molecule has 1 aliphatic heterocycles. The first-order chi connectivity index (χ1) is 14.1. The first kappa shape index (κ1) is 22.4. The number of alkyl halides is 3. The Labute approximate surface area is 179 Å². The number of benzene rings is 1. The van der Waals surface area contributed by atoms with Crippen molar-refractivity contribution in [1.82, 2.24) is 0 Å². The lowest BCUT2D eigenvalue weighted by Gasteiger charge is -2.31. The monoisotopic (exact) mass is 462 g/mol. The minimum atomic E-state index is -4.57. The van der Waals surface area contributed by atoms with Gasteiger partial charge >= 0.3 is 12.1 Å².